The minimum atomic E-state index is -1.01. The number of esters is 1. The molecule has 1 saturated heterocycles. The van der Waals surface area contributed by atoms with Crippen molar-refractivity contribution in [1.29, 1.82) is 0 Å². The Kier molecular flexibility index (Phi) is 7.79. The number of hydrogen-bond acceptors (Lipinski definition) is 10. The third kappa shape index (κ3) is 5.31. The van der Waals surface area contributed by atoms with Crippen LogP contribution in [-0.2, 0) is 26.5 Å². The van der Waals surface area contributed by atoms with Gasteiger partial charge in [0.05, 0.1) is 24.3 Å². The first-order chi connectivity index (χ1) is 22.3. The van der Waals surface area contributed by atoms with Crippen molar-refractivity contribution in [3.05, 3.63) is 118 Å². The van der Waals surface area contributed by atoms with Gasteiger partial charge in [-0.1, -0.05) is 77.7 Å². The summed E-state index contributed by atoms with van der Waals surface area (Å²) in [5, 5.41) is 22.8. The van der Waals surface area contributed by atoms with Gasteiger partial charge in [0, 0.05) is 17.7 Å². The number of nitrogens with zero attached hydrogens (tertiary/aromatic N) is 3. The molecule has 7 rings (SSSR count). The van der Waals surface area contributed by atoms with Crippen LogP contribution in [0.4, 0.5) is 5.13 Å². The Hall–Kier alpha value is -5.00. The average Bonchev–Trinajstić information content (AvgIpc) is 3.77. The van der Waals surface area contributed by atoms with Crippen molar-refractivity contribution in [2.45, 2.75) is 35.6 Å². The molecule has 0 spiro atoms. The first kappa shape index (κ1) is 29.7. The molecule has 1 aromatic heterocycles. The molecule has 3 heterocycles. The van der Waals surface area contributed by atoms with Crippen LogP contribution in [0.25, 0.3) is 16.5 Å². The molecule has 11 heteroatoms. The van der Waals surface area contributed by atoms with Crippen molar-refractivity contribution in [3.8, 4) is 5.75 Å². The molecule has 9 nitrogen and oxygen atoms in total. The van der Waals surface area contributed by atoms with E-state index in [0.29, 0.717) is 33.2 Å². The summed E-state index contributed by atoms with van der Waals surface area (Å²) in [6.07, 6.45) is 0.657. The highest BCUT2D eigenvalue weighted by atomic mass is 32.2. The molecule has 1 fully saturated rings. The summed E-state index contributed by atoms with van der Waals surface area (Å²) in [5.74, 6) is -1.14. The van der Waals surface area contributed by atoms with Crippen LogP contribution in [0.15, 0.2) is 94.8 Å². The number of methoxy groups -OCH3 is 1. The van der Waals surface area contributed by atoms with E-state index >= 15 is 0 Å². The lowest BCUT2D eigenvalue weighted by atomic mass is 9.94. The number of aliphatic hydroxyl groups is 1. The predicted molar refractivity (Wildman–Crippen MR) is 176 cm³/mol. The molecule has 46 heavy (non-hydrogen) atoms. The Balaban J connectivity index is 1.26. The Morgan fingerprint density at radius 3 is 2.59 bits per heavy atom. The number of hydrogen-bond donors (Lipinski definition) is 1. The highest BCUT2D eigenvalue weighted by Crippen LogP contribution is 2.45. The van der Waals surface area contributed by atoms with Gasteiger partial charge in [0.15, 0.2) is 4.34 Å². The van der Waals surface area contributed by atoms with Crippen LogP contribution in [0, 0.1) is 0 Å². The molecule has 2 aliphatic heterocycles. The number of rotatable bonds is 7. The second kappa shape index (κ2) is 12.1. The highest BCUT2D eigenvalue weighted by Gasteiger charge is 2.48. The number of fused-ring (bicyclic) bond motifs is 2. The number of aliphatic hydroxyl groups excluding tert-OH is 1. The maximum Gasteiger partial charge on any atom is 0.337 e. The normalized spacial score (nSPS) is 18.5. The number of amides is 1. The summed E-state index contributed by atoms with van der Waals surface area (Å²) >= 11 is 2.68. The predicted octanol–water partition coefficient (Wildman–Crippen LogP) is 6.72. The van der Waals surface area contributed by atoms with Gasteiger partial charge in [0.2, 0.25) is 5.13 Å². The number of anilines is 1. The summed E-state index contributed by atoms with van der Waals surface area (Å²) in [6, 6.07) is 24.9. The van der Waals surface area contributed by atoms with Gasteiger partial charge >= 0.3 is 11.9 Å². The zero-order valence-electron chi connectivity index (χ0n) is 24.8. The Labute approximate surface area is 272 Å². The van der Waals surface area contributed by atoms with Crippen molar-refractivity contribution in [1.82, 2.24) is 10.2 Å². The van der Waals surface area contributed by atoms with Crippen LogP contribution in [-0.4, -0.2) is 46.2 Å². The Bertz CT molecular complexity index is 2050. The fraction of sp³-hybridized carbons (Fsp3) is 0.171. The van der Waals surface area contributed by atoms with E-state index in [2.05, 4.69) is 34.5 Å². The number of Topliss-reactive ketones (excluding diaryl/α,β-unsaturated/α-hetero) is 1. The fourth-order valence-corrected chi connectivity index (χ4v) is 7.78. The van der Waals surface area contributed by atoms with E-state index in [1.165, 1.54) is 35.1 Å². The van der Waals surface area contributed by atoms with Gasteiger partial charge in [-0.2, -0.15) is 0 Å². The largest absolute Gasteiger partial charge is 0.507 e. The molecular formula is C35H27N3O6S2. The third-order valence-corrected chi connectivity index (χ3v) is 10.2. The number of aromatic nitrogens is 2. The van der Waals surface area contributed by atoms with Gasteiger partial charge in [0.25, 0.3) is 5.78 Å². The maximum atomic E-state index is 13.7. The summed E-state index contributed by atoms with van der Waals surface area (Å²) in [7, 11) is 1.29. The fourth-order valence-electron chi connectivity index (χ4n) is 5.91. The number of carbonyl (C=O) groups is 3. The van der Waals surface area contributed by atoms with Crippen molar-refractivity contribution >= 4 is 62.4 Å². The lowest BCUT2D eigenvalue weighted by Gasteiger charge is -2.22. The average molecular weight is 650 g/mol. The van der Waals surface area contributed by atoms with E-state index in [1.54, 1.807) is 42.5 Å². The van der Waals surface area contributed by atoms with E-state index in [0.717, 1.165) is 27.6 Å². The van der Waals surface area contributed by atoms with Crippen molar-refractivity contribution in [3.63, 3.8) is 0 Å². The minimum Gasteiger partial charge on any atom is -0.507 e. The van der Waals surface area contributed by atoms with Gasteiger partial charge in [-0.15, -0.1) is 10.2 Å². The summed E-state index contributed by atoms with van der Waals surface area (Å²) < 4.78 is 11.3. The molecule has 0 radical (unpaired) electrons. The number of ketones is 1. The van der Waals surface area contributed by atoms with Crippen molar-refractivity contribution in [2.75, 3.05) is 12.0 Å². The van der Waals surface area contributed by atoms with E-state index in [-0.39, 0.29) is 22.6 Å². The van der Waals surface area contributed by atoms with Crippen LogP contribution in [0.2, 0.25) is 0 Å². The standard InChI is InChI=1S/C35H27N3O6S2/c1-19-16-25-17-23(14-15-27(25)44-19)30(39)28-29(21-10-12-22(13-11-21)33(42)43-2)38(32(41)31(28)40)34-36-37-35(46-34)45-18-24-8-5-7-20-6-3-4-9-26(20)24/h3-15,17,19,29,39H,16,18H2,1-2H3/t19-,29+/m1/s1. The molecule has 5 aromatic rings. The lowest BCUT2D eigenvalue weighted by Crippen LogP contribution is -2.29. The third-order valence-electron chi connectivity index (χ3n) is 8.09. The summed E-state index contributed by atoms with van der Waals surface area (Å²) in [6.45, 7) is 1.96. The number of benzene rings is 4. The quantitative estimate of drug-likeness (QED) is 0.0512. The first-order valence-electron chi connectivity index (χ1n) is 14.5. The highest BCUT2D eigenvalue weighted by molar-refractivity contribution is 8.00. The lowest BCUT2D eigenvalue weighted by molar-refractivity contribution is -0.132. The molecular weight excluding hydrogens is 623 g/mol. The van der Waals surface area contributed by atoms with Gasteiger partial charge in [-0.3, -0.25) is 14.5 Å². The second-order valence-electron chi connectivity index (χ2n) is 11.0. The summed E-state index contributed by atoms with van der Waals surface area (Å²) in [5.41, 5.74) is 3.17. The monoisotopic (exact) mass is 649 g/mol. The van der Waals surface area contributed by atoms with Crippen molar-refractivity contribution < 1.29 is 29.0 Å². The number of carbonyl (C=O) groups excluding carboxylic acids is 3. The molecule has 4 aromatic carbocycles. The molecule has 230 valence electrons. The second-order valence-corrected chi connectivity index (χ2v) is 13.2. The van der Waals surface area contributed by atoms with E-state index in [9.17, 15) is 19.5 Å². The minimum absolute atomic E-state index is 0.00335. The smallest absolute Gasteiger partial charge is 0.337 e. The number of ether oxygens (including phenoxy) is 2. The number of thioether (sulfide) groups is 1. The molecule has 2 atom stereocenters. The maximum absolute atomic E-state index is 13.7. The summed E-state index contributed by atoms with van der Waals surface area (Å²) in [4.78, 5) is 40.8. The van der Waals surface area contributed by atoms with Gasteiger partial charge < -0.3 is 14.6 Å². The molecule has 0 aliphatic carbocycles. The SMILES string of the molecule is COC(=O)c1ccc([C@H]2C(=C(O)c3ccc4c(c3)C[C@@H](C)O4)C(=O)C(=O)N2c2nnc(SCc3cccc4ccccc34)s2)cc1. The zero-order valence-corrected chi connectivity index (χ0v) is 26.4. The van der Waals surface area contributed by atoms with E-state index < -0.39 is 23.7 Å². The molecule has 0 unspecified atom stereocenters. The molecule has 2 aliphatic rings. The van der Waals surface area contributed by atoms with Gasteiger partial charge in [-0.25, -0.2) is 4.79 Å². The van der Waals surface area contributed by atoms with Crippen LogP contribution in [0.5, 0.6) is 5.75 Å². The van der Waals surface area contributed by atoms with Gasteiger partial charge in [0.1, 0.15) is 17.6 Å². The molecule has 1 N–H and O–H groups in total. The topological polar surface area (TPSA) is 119 Å². The Morgan fingerprint density at radius 2 is 1.78 bits per heavy atom. The molecule has 0 saturated carbocycles. The van der Waals surface area contributed by atoms with Crippen LogP contribution >= 0.6 is 23.1 Å². The Morgan fingerprint density at radius 1 is 1.02 bits per heavy atom. The van der Waals surface area contributed by atoms with Gasteiger partial charge in [-0.05, 0) is 64.7 Å². The molecule has 1 amide bonds. The zero-order chi connectivity index (χ0) is 31.9. The molecule has 0 bridgehead atoms. The van der Waals surface area contributed by atoms with Crippen LogP contribution in [0.1, 0.15) is 45.6 Å². The van der Waals surface area contributed by atoms with E-state index in [4.69, 9.17) is 9.47 Å². The van der Waals surface area contributed by atoms with E-state index in [1.807, 2.05) is 25.1 Å². The first-order valence-corrected chi connectivity index (χ1v) is 16.3. The van der Waals surface area contributed by atoms with Crippen LogP contribution in [0.3, 0.4) is 0 Å². The van der Waals surface area contributed by atoms with Crippen LogP contribution < -0.4 is 9.64 Å². The van der Waals surface area contributed by atoms with Crippen molar-refractivity contribution in [2.24, 2.45) is 0 Å².